The number of carbonyl (C=O) groups excluding carboxylic acids is 2. The number of nitrogens with zero attached hydrogens (tertiary/aromatic N) is 3. The van der Waals surface area contributed by atoms with Crippen LogP contribution < -0.4 is 14.8 Å². The Morgan fingerprint density at radius 2 is 1.81 bits per heavy atom. The van der Waals surface area contributed by atoms with Gasteiger partial charge in [-0.2, -0.15) is 0 Å². The van der Waals surface area contributed by atoms with Gasteiger partial charge >= 0.3 is 5.97 Å². The fraction of sp³-hybridized carbons (Fsp3) is 0.269. The van der Waals surface area contributed by atoms with Crippen LogP contribution in [0.4, 0.5) is 4.39 Å². The van der Waals surface area contributed by atoms with E-state index in [9.17, 15) is 14.0 Å². The fourth-order valence-electron chi connectivity index (χ4n) is 3.23. The van der Waals surface area contributed by atoms with E-state index >= 15 is 0 Å². The first kappa shape index (κ1) is 25.5. The van der Waals surface area contributed by atoms with Crippen LogP contribution in [0.15, 0.2) is 59.4 Å². The Morgan fingerprint density at radius 3 is 2.57 bits per heavy atom. The van der Waals surface area contributed by atoms with E-state index in [0.717, 1.165) is 6.07 Å². The predicted octanol–water partition coefficient (Wildman–Crippen LogP) is 4.59. The number of hydrogen-bond donors (Lipinski definition) is 1. The Bertz CT molecular complexity index is 1430. The number of hydrogen-bond acceptors (Lipinski definition) is 9. The van der Waals surface area contributed by atoms with E-state index in [0.29, 0.717) is 16.8 Å². The molecule has 11 heteroatoms. The lowest BCUT2D eigenvalue weighted by molar-refractivity contribution is -0.162. The fourth-order valence-corrected chi connectivity index (χ4v) is 3.23. The molecule has 10 nitrogen and oxygen atoms in total. The van der Waals surface area contributed by atoms with Crippen molar-refractivity contribution in [3.63, 3.8) is 0 Å². The lowest BCUT2D eigenvalue weighted by Gasteiger charge is -2.22. The van der Waals surface area contributed by atoms with Crippen LogP contribution in [0.3, 0.4) is 0 Å². The van der Waals surface area contributed by atoms with Gasteiger partial charge in [-0.15, -0.1) is 0 Å². The Morgan fingerprint density at radius 1 is 1.05 bits per heavy atom. The highest BCUT2D eigenvalue weighted by Crippen LogP contribution is 2.26. The number of amides is 1. The minimum absolute atomic E-state index is 0.0659. The maximum Gasteiger partial charge on any atom is 0.347 e. The number of carbonyl (C=O) groups is 2. The molecule has 0 spiro atoms. The minimum atomic E-state index is -0.922. The Hall–Kier alpha value is -4.54. The van der Waals surface area contributed by atoms with Crippen LogP contribution in [-0.4, -0.2) is 38.9 Å². The molecule has 2 aromatic carbocycles. The number of fused-ring (bicyclic) bond motifs is 1. The maximum absolute atomic E-state index is 14.7. The van der Waals surface area contributed by atoms with Crippen LogP contribution in [0.25, 0.3) is 11.0 Å². The van der Waals surface area contributed by atoms with Gasteiger partial charge in [0, 0.05) is 30.4 Å². The van der Waals surface area contributed by atoms with Gasteiger partial charge in [-0.3, -0.25) is 4.79 Å². The summed E-state index contributed by atoms with van der Waals surface area (Å²) in [4.78, 5) is 29.1. The van der Waals surface area contributed by atoms with Crippen molar-refractivity contribution in [1.29, 1.82) is 0 Å². The molecule has 2 aromatic heterocycles. The van der Waals surface area contributed by atoms with Crippen LogP contribution in [0, 0.1) is 5.82 Å². The summed E-state index contributed by atoms with van der Waals surface area (Å²) in [7, 11) is 0. The Labute approximate surface area is 211 Å². The van der Waals surface area contributed by atoms with Crippen molar-refractivity contribution in [2.24, 2.45) is 0 Å². The Balaban J connectivity index is 1.39. The van der Waals surface area contributed by atoms with E-state index in [-0.39, 0.29) is 29.3 Å². The maximum atomic E-state index is 14.7. The second kappa shape index (κ2) is 10.6. The van der Waals surface area contributed by atoms with Crippen molar-refractivity contribution in [3.05, 3.63) is 71.7 Å². The van der Waals surface area contributed by atoms with Crippen LogP contribution >= 0.6 is 0 Å². The van der Waals surface area contributed by atoms with E-state index in [1.165, 1.54) is 25.3 Å². The van der Waals surface area contributed by atoms with Gasteiger partial charge < -0.3 is 19.5 Å². The number of nitrogens with one attached hydrogen (secondary N) is 1. The van der Waals surface area contributed by atoms with E-state index < -0.39 is 29.4 Å². The molecule has 0 bridgehead atoms. The molecular weight excluding hydrogens is 483 g/mol. The third kappa shape index (κ3) is 6.57. The van der Waals surface area contributed by atoms with Gasteiger partial charge in [0.2, 0.25) is 5.88 Å². The van der Waals surface area contributed by atoms with Gasteiger partial charge in [-0.05, 0) is 68.3 Å². The highest BCUT2D eigenvalue weighted by atomic mass is 19.1. The number of rotatable bonds is 8. The molecule has 1 N–H and O–H groups in total. The average Bonchev–Trinajstić information content (AvgIpc) is 3.30. The van der Waals surface area contributed by atoms with Crippen LogP contribution in [0.2, 0.25) is 0 Å². The second-order valence-electron chi connectivity index (χ2n) is 9.10. The molecule has 0 saturated carbocycles. The number of pyridine rings is 1. The van der Waals surface area contributed by atoms with Crippen molar-refractivity contribution < 1.29 is 32.8 Å². The first-order valence-electron chi connectivity index (χ1n) is 11.4. The van der Waals surface area contributed by atoms with Gasteiger partial charge in [0.25, 0.3) is 5.91 Å². The molecule has 1 atom stereocenters. The number of aromatic nitrogens is 3. The summed E-state index contributed by atoms with van der Waals surface area (Å²) in [6.07, 6.45) is 0.563. The number of ether oxygens (including phenoxy) is 3. The molecule has 0 saturated heterocycles. The van der Waals surface area contributed by atoms with E-state index in [2.05, 4.69) is 25.2 Å². The van der Waals surface area contributed by atoms with Crippen molar-refractivity contribution >= 4 is 22.9 Å². The van der Waals surface area contributed by atoms with E-state index in [4.69, 9.17) is 14.2 Å². The number of benzene rings is 2. The monoisotopic (exact) mass is 508 g/mol. The van der Waals surface area contributed by atoms with Gasteiger partial charge in [0.1, 0.15) is 39.5 Å². The lowest BCUT2D eigenvalue weighted by atomic mass is 10.2. The molecule has 2 heterocycles. The van der Waals surface area contributed by atoms with E-state index in [1.54, 1.807) is 51.1 Å². The summed E-state index contributed by atoms with van der Waals surface area (Å²) >= 11 is 0. The van der Waals surface area contributed by atoms with Gasteiger partial charge in [-0.25, -0.2) is 18.8 Å². The second-order valence-corrected chi connectivity index (χ2v) is 9.10. The van der Waals surface area contributed by atoms with Crippen LogP contribution in [0.5, 0.6) is 17.4 Å². The molecular formula is C26H25FN4O6. The molecule has 4 aromatic rings. The topological polar surface area (TPSA) is 126 Å². The summed E-state index contributed by atoms with van der Waals surface area (Å²) in [5.41, 5.74) is 0.767. The normalized spacial score (nSPS) is 12.1. The average molecular weight is 509 g/mol. The van der Waals surface area contributed by atoms with Gasteiger partial charge in [0.15, 0.2) is 6.10 Å². The van der Waals surface area contributed by atoms with Crippen LogP contribution in [-0.2, 0) is 16.1 Å². The van der Waals surface area contributed by atoms with Crippen molar-refractivity contribution in [2.75, 3.05) is 0 Å². The highest BCUT2D eigenvalue weighted by molar-refractivity contribution is 5.96. The molecule has 0 fully saturated rings. The molecule has 0 radical (unpaired) electrons. The first-order valence-corrected chi connectivity index (χ1v) is 11.4. The predicted molar refractivity (Wildman–Crippen MR) is 130 cm³/mol. The van der Waals surface area contributed by atoms with Crippen LogP contribution in [0.1, 0.15) is 43.6 Å². The molecule has 0 aliphatic carbocycles. The van der Waals surface area contributed by atoms with Gasteiger partial charge in [0.05, 0.1) is 0 Å². The molecule has 37 heavy (non-hydrogen) atoms. The minimum Gasteiger partial charge on any atom is -0.479 e. The smallest absolute Gasteiger partial charge is 0.347 e. The molecule has 4 rings (SSSR count). The Kier molecular flexibility index (Phi) is 7.32. The van der Waals surface area contributed by atoms with Gasteiger partial charge in [-0.1, -0.05) is 6.07 Å². The van der Waals surface area contributed by atoms with Crippen molar-refractivity contribution in [1.82, 2.24) is 20.6 Å². The summed E-state index contributed by atoms with van der Waals surface area (Å²) in [5.74, 6) is -1.06. The zero-order valence-electron chi connectivity index (χ0n) is 20.6. The third-order valence-electron chi connectivity index (χ3n) is 4.97. The summed E-state index contributed by atoms with van der Waals surface area (Å²) < 4.78 is 35.9. The summed E-state index contributed by atoms with van der Waals surface area (Å²) in [6.45, 7) is 6.66. The molecule has 0 aliphatic rings. The SMILES string of the molecule is CC(Oc1ccc(CNC(=O)c2cccnc2Oc2ccc3nonc3c2)c(F)c1)C(=O)OC(C)(C)C. The number of halogens is 1. The quantitative estimate of drug-likeness (QED) is 0.340. The molecule has 0 aliphatic heterocycles. The van der Waals surface area contributed by atoms with E-state index in [1.807, 2.05) is 0 Å². The third-order valence-corrected chi connectivity index (χ3v) is 4.97. The summed E-state index contributed by atoms with van der Waals surface area (Å²) in [5, 5.41) is 10.2. The zero-order chi connectivity index (χ0) is 26.6. The van der Waals surface area contributed by atoms with Crippen molar-refractivity contribution in [2.45, 2.75) is 45.9 Å². The molecule has 192 valence electrons. The molecule has 1 unspecified atom stereocenters. The first-order chi connectivity index (χ1) is 17.6. The highest BCUT2D eigenvalue weighted by Gasteiger charge is 2.23. The lowest BCUT2D eigenvalue weighted by Crippen LogP contribution is -2.33. The summed E-state index contributed by atoms with van der Waals surface area (Å²) in [6, 6.07) is 12.2. The largest absolute Gasteiger partial charge is 0.479 e. The standard InChI is InChI=1S/C26H25FN4O6/c1-15(25(33)36-26(2,3)4)34-17-8-7-16(20(27)12-17)14-29-23(32)19-6-5-11-28-24(19)35-18-9-10-21-22(13-18)31-37-30-21/h5-13,15H,14H2,1-4H3,(H,29,32). The molecule has 1 amide bonds. The zero-order valence-corrected chi connectivity index (χ0v) is 20.6. The number of esters is 1. The van der Waals surface area contributed by atoms with Crippen molar-refractivity contribution in [3.8, 4) is 17.4 Å².